The third-order valence-corrected chi connectivity index (χ3v) is 6.04. The maximum absolute atomic E-state index is 12.3. The zero-order valence-electron chi connectivity index (χ0n) is 15.0. The highest BCUT2D eigenvalue weighted by atomic mass is 32.1. The topological polar surface area (TPSA) is 107 Å². The quantitative estimate of drug-likeness (QED) is 0.671. The van der Waals surface area contributed by atoms with Gasteiger partial charge in [-0.3, -0.25) is 9.59 Å². The first-order valence-corrected chi connectivity index (χ1v) is 9.69. The minimum atomic E-state index is -1.16. The molecule has 2 amide bonds. The molecule has 2 aliphatic heterocycles. The molecule has 3 heterocycles. The maximum Gasteiger partial charge on any atom is 0.352 e. The number of fused-ring (bicyclic) bond motifs is 1. The fraction of sp³-hybridized carbons (Fsp3) is 0.250. The van der Waals surface area contributed by atoms with Crippen molar-refractivity contribution >= 4 is 40.4 Å². The van der Waals surface area contributed by atoms with Crippen LogP contribution < -0.4 is 5.32 Å². The summed E-state index contributed by atoms with van der Waals surface area (Å²) in [7, 11) is 0. The summed E-state index contributed by atoms with van der Waals surface area (Å²) in [6, 6.07) is 10.1. The molecule has 0 bridgehead atoms. The molecule has 144 valence electrons. The molecule has 0 spiro atoms. The first-order chi connectivity index (χ1) is 13.4. The Morgan fingerprint density at radius 2 is 1.96 bits per heavy atom. The normalized spacial score (nSPS) is 21.9. The average Bonchev–Trinajstić information content (AvgIpc) is 3.28. The van der Waals surface area contributed by atoms with E-state index in [9.17, 15) is 24.6 Å². The molecule has 2 aliphatic rings. The van der Waals surface area contributed by atoms with Crippen molar-refractivity contribution in [2.75, 3.05) is 5.32 Å². The number of anilines is 1. The van der Waals surface area contributed by atoms with E-state index in [0.29, 0.717) is 28.1 Å². The van der Waals surface area contributed by atoms with Gasteiger partial charge >= 0.3 is 5.97 Å². The highest BCUT2D eigenvalue weighted by molar-refractivity contribution is 7.12. The van der Waals surface area contributed by atoms with Crippen molar-refractivity contribution < 1.29 is 24.6 Å². The van der Waals surface area contributed by atoms with Crippen LogP contribution in [-0.2, 0) is 9.59 Å². The first-order valence-electron chi connectivity index (χ1n) is 8.81. The third-order valence-electron chi connectivity index (χ3n) is 5.17. The number of hydrogen-bond acceptors (Lipinski definition) is 5. The molecule has 0 saturated carbocycles. The van der Waals surface area contributed by atoms with Gasteiger partial charge in [-0.05, 0) is 48.1 Å². The summed E-state index contributed by atoms with van der Waals surface area (Å²) in [5.41, 5.74) is 1.81. The zero-order valence-corrected chi connectivity index (χ0v) is 15.8. The fourth-order valence-corrected chi connectivity index (χ4v) is 4.50. The number of aliphatic carboxylic acids is 1. The van der Waals surface area contributed by atoms with Crippen LogP contribution in [0.2, 0.25) is 0 Å². The van der Waals surface area contributed by atoms with Crippen molar-refractivity contribution in [3.05, 3.63) is 57.9 Å². The van der Waals surface area contributed by atoms with Crippen LogP contribution in [-0.4, -0.2) is 45.0 Å². The van der Waals surface area contributed by atoms with Crippen molar-refractivity contribution in [2.24, 2.45) is 5.92 Å². The number of nitrogens with zero attached hydrogens (tertiary/aromatic N) is 1. The Bertz CT molecular complexity index is 979. The molecule has 1 fully saturated rings. The van der Waals surface area contributed by atoms with Gasteiger partial charge in [-0.2, -0.15) is 0 Å². The maximum atomic E-state index is 12.3. The number of carboxylic acid groups (broad SMARTS) is 1. The van der Waals surface area contributed by atoms with E-state index in [1.165, 1.54) is 16.2 Å². The fourth-order valence-electron chi connectivity index (χ4n) is 3.88. The van der Waals surface area contributed by atoms with Crippen LogP contribution in [0.5, 0.6) is 0 Å². The number of carbonyl (C=O) groups is 3. The Labute approximate surface area is 164 Å². The summed E-state index contributed by atoms with van der Waals surface area (Å²) in [4.78, 5) is 38.1. The second-order valence-corrected chi connectivity index (χ2v) is 7.83. The van der Waals surface area contributed by atoms with Crippen molar-refractivity contribution in [1.29, 1.82) is 0 Å². The lowest BCUT2D eigenvalue weighted by Crippen LogP contribution is -2.61. The first kappa shape index (κ1) is 18.4. The number of benzene rings is 1. The van der Waals surface area contributed by atoms with Gasteiger partial charge in [-0.15, -0.1) is 11.3 Å². The van der Waals surface area contributed by atoms with Gasteiger partial charge in [0.1, 0.15) is 5.70 Å². The Hall–Kier alpha value is -2.97. The summed E-state index contributed by atoms with van der Waals surface area (Å²) >= 11 is 1.34. The monoisotopic (exact) mass is 398 g/mol. The number of carboxylic acids is 1. The Kier molecular flexibility index (Phi) is 4.52. The molecule has 3 N–H and O–H groups in total. The lowest BCUT2D eigenvalue weighted by atomic mass is 9.82. The van der Waals surface area contributed by atoms with Crippen LogP contribution in [0.4, 0.5) is 5.69 Å². The van der Waals surface area contributed by atoms with Crippen molar-refractivity contribution in [3.8, 4) is 0 Å². The molecule has 8 heteroatoms. The van der Waals surface area contributed by atoms with Gasteiger partial charge in [0.2, 0.25) is 5.91 Å². The van der Waals surface area contributed by atoms with Crippen LogP contribution >= 0.6 is 11.3 Å². The molecule has 3 atom stereocenters. The minimum absolute atomic E-state index is 0.0257. The van der Waals surface area contributed by atoms with E-state index in [1.807, 2.05) is 5.38 Å². The molecule has 2 aromatic rings. The van der Waals surface area contributed by atoms with E-state index in [0.717, 1.165) is 0 Å². The number of thiophene rings is 1. The second-order valence-electron chi connectivity index (χ2n) is 6.89. The number of rotatable bonds is 5. The van der Waals surface area contributed by atoms with Crippen molar-refractivity contribution in [1.82, 2.24) is 4.90 Å². The largest absolute Gasteiger partial charge is 0.477 e. The third kappa shape index (κ3) is 2.90. The Balaban J connectivity index is 1.58. The summed E-state index contributed by atoms with van der Waals surface area (Å²) in [6.07, 6.45) is -0.442. The molecule has 28 heavy (non-hydrogen) atoms. The molecule has 0 unspecified atom stereocenters. The number of aliphatic hydroxyl groups excluding tert-OH is 1. The molecule has 0 aliphatic carbocycles. The molecule has 1 aromatic carbocycles. The van der Waals surface area contributed by atoms with Gasteiger partial charge in [0.25, 0.3) is 5.91 Å². The highest BCUT2D eigenvalue weighted by Crippen LogP contribution is 2.46. The lowest BCUT2D eigenvalue weighted by Gasteiger charge is -2.44. The van der Waals surface area contributed by atoms with Gasteiger partial charge in [-0.1, -0.05) is 18.2 Å². The number of nitrogens with one attached hydrogen (secondary N) is 1. The molecule has 4 rings (SSSR count). The van der Waals surface area contributed by atoms with Gasteiger partial charge in [0.15, 0.2) is 0 Å². The smallest absolute Gasteiger partial charge is 0.352 e. The Morgan fingerprint density at radius 3 is 2.54 bits per heavy atom. The van der Waals surface area contributed by atoms with Crippen LogP contribution in [0.15, 0.2) is 47.5 Å². The SMILES string of the molecule is C[C@@H](O)[C@H]1C(=O)N2C(C(=O)O)=C(c3ccc(NC(=O)c4cccs4)cc3)C[C@H]12. The number of amides is 2. The van der Waals surface area contributed by atoms with E-state index in [1.54, 1.807) is 43.3 Å². The molecular weight excluding hydrogens is 380 g/mol. The van der Waals surface area contributed by atoms with E-state index in [4.69, 9.17) is 0 Å². The summed E-state index contributed by atoms with van der Waals surface area (Å²) in [5.74, 6) is -2.29. The zero-order chi connectivity index (χ0) is 20.0. The van der Waals surface area contributed by atoms with E-state index in [2.05, 4.69) is 5.32 Å². The average molecular weight is 398 g/mol. The molecule has 7 nitrogen and oxygen atoms in total. The van der Waals surface area contributed by atoms with Crippen molar-refractivity contribution in [2.45, 2.75) is 25.5 Å². The molecule has 1 aromatic heterocycles. The van der Waals surface area contributed by atoms with Crippen LogP contribution in [0, 0.1) is 5.92 Å². The van der Waals surface area contributed by atoms with E-state index < -0.39 is 18.0 Å². The summed E-state index contributed by atoms with van der Waals surface area (Å²) in [6.45, 7) is 1.55. The number of aliphatic hydroxyl groups is 1. The van der Waals surface area contributed by atoms with Crippen LogP contribution in [0.3, 0.4) is 0 Å². The van der Waals surface area contributed by atoms with Gasteiger partial charge in [0.05, 0.1) is 22.9 Å². The standard InChI is InChI=1S/C20H18N2O5S/c1-10(23)16-14-9-13(17(20(26)27)22(14)19(16)25)11-4-6-12(7-5-11)21-18(24)15-3-2-8-28-15/h2-8,10,14,16,23H,9H2,1H3,(H,21,24)(H,26,27)/t10-,14-,16-/m1/s1. The predicted octanol–water partition coefficient (Wildman–Crippen LogP) is 2.41. The lowest BCUT2D eigenvalue weighted by molar-refractivity contribution is -0.161. The summed E-state index contributed by atoms with van der Waals surface area (Å²) in [5, 5.41) is 24.1. The molecular formula is C20H18N2O5S. The second kappa shape index (κ2) is 6.88. The van der Waals surface area contributed by atoms with E-state index >= 15 is 0 Å². The van der Waals surface area contributed by atoms with Gasteiger partial charge in [0, 0.05) is 5.69 Å². The van der Waals surface area contributed by atoms with Crippen molar-refractivity contribution in [3.63, 3.8) is 0 Å². The number of hydrogen-bond donors (Lipinski definition) is 3. The molecule has 0 radical (unpaired) electrons. The number of carbonyl (C=O) groups excluding carboxylic acids is 2. The Morgan fingerprint density at radius 1 is 1.25 bits per heavy atom. The van der Waals surface area contributed by atoms with Gasteiger partial charge in [-0.25, -0.2) is 4.79 Å². The summed E-state index contributed by atoms with van der Waals surface area (Å²) < 4.78 is 0. The van der Waals surface area contributed by atoms with Gasteiger partial charge < -0.3 is 20.4 Å². The predicted molar refractivity (Wildman–Crippen MR) is 104 cm³/mol. The minimum Gasteiger partial charge on any atom is -0.477 e. The number of β-lactam (4-membered cyclic amide) rings is 1. The highest BCUT2D eigenvalue weighted by Gasteiger charge is 2.56. The molecule has 1 saturated heterocycles. The van der Waals surface area contributed by atoms with Crippen LogP contribution in [0.1, 0.15) is 28.6 Å². The van der Waals surface area contributed by atoms with E-state index in [-0.39, 0.29) is 23.6 Å². The van der Waals surface area contributed by atoms with Crippen LogP contribution in [0.25, 0.3) is 5.57 Å².